The Morgan fingerprint density at radius 2 is 0.625 bits per heavy atom. The molecule has 0 aliphatic carbocycles. The molecule has 2 unspecified atom stereocenters. The van der Waals surface area contributed by atoms with Gasteiger partial charge in [-0.25, -0.2) is 19.2 Å². The number of carboxylic acids is 4. The van der Waals surface area contributed by atoms with E-state index in [0.29, 0.717) is 0 Å². The predicted octanol–water partition coefficient (Wildman–Crippen LogP) is -2.45. The van der Waals surface area contributed by atoms with Crippen molar-refractivity contribution in [1.29, 1.82) is 0 Å². The number of hydrogen-bond acceptors (Lipinski definition) is 12. The SMILES string of the molecule is O=C1C[C@@H](C(=O)O)OC(=O)C[C@@H](C(=O)O)OC(=O)CC(C(=O)O)OC(=O)CC(C(=O)O)O1. The van der Waals surface area contributed by atoms with Crippen LogP contribution in [0, 0.1) is 0 Å². The van der Waals surface area contributed by atoms with Crippen molar-refractivity contribution in [3.8, 4) is 0 Å². The van der Waals surface area contributed by atoms with Gasteiger partial charge in [0, 0.05) is 0 Å². The summed E-state index contributed by atoms with van der Waals surface area (Å²) in [7, 11) is 0. The molecule has 0 aromatic heterocycles. The molecule has 1 saturated heterocycles. The number of esters is 4. The molecule has 4 atom stereocenters. The second-order valence-electron chi connectivity index (χ2n) is 6.08. The topological polar surface area (TPSA) is 254 Å². The maximum absolute atomic E-state index is 11.9. The van der Waals surface area contributed by atoms with Crippen LogP contribution in [0.3, 0.4) is 0 Å². The first-order chi connectivity index (χ1) is 14.8. The summed E-state index contributed by atoms with van der Waals surface area (Å²) < 4.78 is 17.8. The number of rotatable bonds is 4. The van der Waals surface area contributed by atoms with E-state index in [-0.39, 0.29) is 0 Å². The lowest BCUT2D eigenvalue weighted by Crippen LogP contribution is -2.39. The van der Waals surface area contributed by atoms with E-state index in [1.807, 2.05) is 0 Å². The van der Waals surface area contributed by atoms with Crippen LogP contribution < -0.4 is 0 Å². The van der Waals surface area contributed by atoms with Gasteiger partial charge in [-0.3, -0.25) is 19.2 Å². The van der Waals surface area contributed by atoms with E-state index in [4.69, 9.17) is 20.4 Å². The zero-order valence-electron chi connectivity index (χ0n) is 15.8. The van der Waals surface area contributed by atoms with Crippen molar-refractivity contribution in [1.82, 2.24) is 0 Å². The van der Waals surface area contributed by atoms with Crippen molar-refractivity contribution in [3.05, 3.63) is 0 Å². The molecular formula is C16H16O16. The van der Waals surface area contributed by atoms with Gasteiger partial charge < -0.3 is 39.4 Å². The normalized spacial score (nSPS) is 26.0. The summed E-state index contributed by atoms with van der Waals surface area (Å²) in [4.78, 5) is 92.2. The molecule has 0 aromatic rings. The lowest BCUT2D eigenvalue weighted by atomic mass is 10.2. The van der Waals surface area contributed by atoms with Crippen LogP contribution in [0.2, 0.25) is 0 Å². The number of cyclic esters (lactones) is 4. The summed E-state index contributed by atoms with van der Waals surface area (Å²) in [6, 6.07) is 0. The Labute approximate surface area is 176 Å². The third kappa shape index (κ3) is 8.25. The maximum Gasteiger partial charge on any atom is 0.345 e. The Kier molecular flexibility index (Phi) is 9.05. The fraction of sp³-hybridized carbons (Fsp3) is 0.500. The smallest absolute Gasteiger partial charge is 0.345 e. The Balaban J connectivity index is 3.23. The van der Waals surface area contributed by atoms with Gasteiger partial charge in [-0.1, -0.05) is 0 Å². The van der Waals surface area contributed by atoms with E-state index in [1.165, 1.54) is 0 Å². The molecule has 1 fully saturated rings. The van der Waals surface area contributed by atoms with Crippen LogP contribution >= 0.6 is 0 Å². The van der Waals surface area contributed by atoms with Crippen molar-refractivity contribution in [2.24, 2.45) is 0 Å². The number of carbonyl (C=O) groups excluding carboxylic acids is 4. The van der Waals surface area contributed by atoms with Crippen molar-refractivity contribution in [2.45, 2.75) is 50.1 Å². The highest BCUT2D eigenvalue weighted by Gasteiger charge is 2.36. The van der Waals surface area contributed by atoms with Gasteiger partial charge in [0.15, 0.2) is 0 Å². The number of carboxylic acid groups (broad SMARTS) is 4. The van der Waals surface area contributed by atoms with Crippen molar-refractivity contribution in [3.63, 3.8) is 0 Å². The molecule has 0 radical (unpaired) electrons. The predicted molar refractivity (Wildman–Crippen MR) is 88.5 cm³/mol. The van der Waals surface area contributed by atoms with Gasteiger partial charge in [0.25, 0.3) is 0 Å². The van der Waals surface area contributed by atoms with Crippen molar-refractivity contribution < 1.29 is 77.7 Å². The van der Waals surface area contributed by atoms with Gasteiger partial charge in [-0.2, -0.15) is 0 Å². The third-order valence-corrected chi connectivity index (χ3v) is 3.60. The second kappa shape index (κ2) is 11.2. The lowest BCUT2D eigenvalue weighted by Gasteiger charge is -2.20. The van der Waals surface area contributed by atoms with E-state index in [1.54, 1.807) is 0 Å². The standard InChI is InChI=1S/C16H16O16/c17-9-1-5(13(21)22)29-10(18)3-7(15(25)26)31-12(20)4-8(16(27)28)32-11(19)2-6(30-9)14(23)24/h5-8H,1-4H2,(H,21,22)(H,23,24)(H,25,26)(H,27,28)/t5-,6-,7?,8?/m0/s1. The van der Waals surface area contributed by atoms with Crippen molar-refractivity contribution >= 4 is 47.8 Å². The molecule has 0 saturated carbocycles. The van der Waals surface area contributed by atoms with Crippen LogP contribution in [0.25, 0.3) is 0 Å². The first-order valence-electron chi connectivity index (χ1n) is 8.49. The molecule has 16 heteroatoms. The summed E-state index contributed by atoms with van der Waals surface area (Å²) in [5.41, 5.74) is 0. The molecule has 1 aliphatic rings. The highest BCUT2D eigenvalue weighted by Crippen LogP contribution is 2.13. The van der Waals surface area contributed by atoms with Crippen LogP contribution in [-0.2, 0) is 57.3 Å². The van der Waals surface area contributed by atoms with Crippen LogP contribution in [-0.4, -0.2) is 92.6 Å². The average molecular weight is 464 g/mol. The summed E-state index contributed by atoms with van der Waals surface area (Å²) >= 11 is 0. The Hall–Kier alpha value is -4.24. The summed E-state index contributed by atoms with van der Waals surface area (Å²) in [5.74, 6) is -13.7. The van der Waals surface area contributed by atoms with E-state index in [9.17, 15) is 38.4 Å². The van der Waals surface area contributed by atoms with Gasteiger partial charge in [0.2, 0.25) is 24.4 Å². The lowest BCUT2D eigenvalue weighted by molar-refractivity contribution is -0.182. The molecule has 0 spiro atoms. The minimum absolute atomic E-state index is 1.23. The minimum Gasteiger partial charge on any atom is -0.478 e. The average Bonchev–Trinajstić information content (AvgIpc) is 2.64. The first kappa shape index (κ1) is 25.8. The highest BCUT2D eigenvalue weighted by molar-refractivity contribution is 5.89. The van der Waals surface area contributed by atoms with Crippen LogP contribution in [0.5, 0.6) is 0 Å². The van der Waals surface area contributed by atoms with E-state index < -0.39 is 97.9 Å². The Morgan fingerprint density at radius 3 is 0.750 bits per heavy atom. The number of aliphatic carboxylic acids is 4. The molecule has 1 aliphatic heterocycles. The minimum atomic E-state index is -2.23. The summed E-state index contributed by atoms with van der Waals surface area (Å²) in [6.07, 6.45) is -13.8. The van der Waals surface area contributed by atoms with Crippen molar-refractivity contribution in [2.75, 3.05) is 0 Å². The third-order valence-electron chi connectivity index (χ3n) is 3.60. The monoisotopic (exact) mass is 464 g/mol. The van der Waals surface area contributed by atoms with Gasteiger partial charge in [-0.15, -0.1) is 0 Å². The number of ether oxygens (including phenoxy) is 4. The van der Waals surface area contributed by atoms with E-state index in [0.717, 1.165) is 0 Å². The largest absolute Gasteiger partial charge is 0.478 e. The molecule has 1 heterocycles. The molecule has 0 amide bonds. The molecule has 0 aromatic carbocycles. The number of hydrogen-bond donors (Lipinski definition) is 4. The zero-order valence-corrected chi connectivity index (χ0v) is 15.8. The molecular weight excluding hydrogens is 448 g/mol. The maximum atomic E-state index is 11.9. The molecule has 32 heavy (non-hydrogen) atoms. The Morgan fingerprint density at radius 1 is 0.469 bits per heavy atom. The number of carbonyl (C=O) groups is 8. The fourth-order valence-electron chi connectivity index (χ4n) is 2.15. The van der Waals surface area contributed by atoms with E-state index >= 15 is 0 Å². The fourth-order valence-corrected chi connectivity index (χ4v) is 2.15. The van der Waals surface area contributed by atoms with E-state index in [2.05, 4.69) is 18.9 Å². The van der Waals surface area contributed by atoms with Gasteiger partial charge >= 0.3 is 47.8 Å². The summed E-state index contributed by atoms with van der Waals surface area (Å²) in [6.45, 7) is 0. The van der Waals surface area contributed by atoms with Crippen LogP contribution in [0.15, 0.2) is 0 Å². The highest BCUT2D eigenvalue weighted by atomic mass is 16.6. The molecule has 1 rings (SSSR count). The van der Waals surface area contributed by atoms with Crippen LogP contribution in [0.4, 0.5) is 0 Å². The molecule has 0 bridgehead atoms. The van der Waals surface area contributed by atoms with Gasteiger partial charge in [0.1, 0.15) is 0 Å². The summed E-state index contributed by atoms with van der Waals surface area (Å²) in [5, 5.41) is 36.2. The zero-order chi connectivity index (χ0) is 24.6. The van der Waals surface area contributed by atoms with Gasteiger partial charge in [0.05, 0.1) is 25.7 Å². The van der Waals surface area contributed by atoms with Gasteiger partial charge in [-0.05, 0) is 0 Å². The first-order valence-corrected chi connectivity index (χ1v) is 8.49. The molecule has 16 nitrogen and oxygen atoms in total. The second-order valence-corrected chi connectivity index (χ2v) is 6.08. The molecule has 4 N–H and O–H groups in total. The Bertz CT molecular complexity index is 660. The quantitative estimate of drug-likeness (QED) is 0.248. The molecule has 176 valence electrons. The van der Waals surface area contributed by atoms with Crippen LogP contribution in [0.1, 0.15) is 25.7 Å².